The smallest absolute Gasteiger partial charge is 0.229 e. The molecule has 122 valence electrons. The van der Waals surface area contributed by atoms with E-state index >= 15 is 0 Å². The molecule has 0 radical (unpaired) electrons. The Kier molecular flexibility index (Phi) is 5.37. The van der Waals surface area contributed by atoms with Gasteiger partial charge in [0.05, 0.1) is 0 Å². The van der Waals surface area contributed by atoms with Crippen LogP contribution in [0.5, 0.6) is 0 Å². The van der Waals surface area contributed by atoms with E-state index in [1.807, 2.05) is 45.0 Å². The maximum Gasteiger partial charge on any atom is 0.229 e. The molecule has 0 saturated heterocycles. The van der Waals surface area contributed by atoms with Crippen molar-refractivity contribution in [1.29, 1.82) is 0 Å². The zero-order valence-electron chi connectivity index (χ0n) is 13.8. The van der Waals surface area contributed by atoms with E-state index in [0.717, 1.165) is 29.9 Å². The first-order valence-electron chi connectivity index (χ1n) is 7.74. The molecule has 2 aromatic rings. The quantitative estimate of drug-likeness (QED) is 0.855. The molecule has 0 aliphatic rings. The Morgan fingerprint density at radius 3 is 2.09 bits per heavy atom. The van der Waals surface area contributed by atoms with Crippen LogP contribution in [0.25, 0.3) is 0 Å². The van der Waals surface area contributed by atoms with Crippen molar-refractivity contribution < 1.29 is 9.18 Å². The second-order valence-electron chi connectivity index (χ2n) is 6.58. The Labute approximate surface area is 136 Å². The standard InChI is InChI=1S/C19H23FN2O/c1-19(2,3)18(23)22-17-10-8-16(9-11-17)21-13-12-14-4-6-15(20)7-5-14/h4-11,21H,12-13H2,1-3H3,(H,22,23). The van der Waals surface area contributed by atoms with Gasteiger partial charge in [0.2, 0.25) is 5.91 Å². The summed E-state index contributed by atoms with van der Waals surface area (Å²) in [6.07, 6.45) is 0.822. The molecule has 1 amide bonds. The van der Waals surface area contributed by atoms with E-state index < -0.39 is 5.41 Å². The van der Waals surface area contributed by atoms with E-state index in [-0.39, 0.29) is 11.7 Å². The van der Waals surface area contributed by atoms with Crippen molar-refractivity contribution >= 4 is 17.3 Å². The van der Waals surface area contributed by atoms with Crippen LogP contribution in [0.15, 0.2) is 48.5 Å². The van der Waals surface area contributed by atoms with Gasteiger partial charge in [-0.3, -0.25) is 4.79 Å². The van der Waals surface area contributed by atoms with Crippen LogP contribution in [-0.4, -0.2) is 12.5 Å². The topological polar surface area (TPSA) is 41.1 Å². The van der Waals surface area contributed by atoms with Crippen molar-refractivity contribution in [3.63, 3.8) is 0 Å². The maximum atomic E-state index is 12.8. The summed E-state index contributed by atoms with van der Waals surface area (Å²) in [4.78, 5) is 11.9. The first kappa shape index (κ1) is 17.0. The lowest BCUT2D eigenvalue weighted by Crippen LogP contribution is -2.27. The van der Waals surface area contributed by atoms with Gasteiger partial charge in [-0.05, 0) is 48.4 Å². The van der Waals surface area contributed by atoms with Crippen molar-refractivity contribution in [2.24, 2.45) is 5.41 Å². The van der Waals surface area contributed by atoms with Gasteiger partial charge >= 0.3 is 0 Å². The van der Waals surface area contributed by atoms with Gasteiger partial charge in [0.1, 0.15) is 5.82 Å². The highest BCUT2D eigenvalue weighted by molar-refractivity contribution is 5.94. The molecule has 0 aliphatic heterocycles. The number of hydrogen-bond acceptors (Lipinski definition) is 2. The van der Waals surface area contributed by atoms with Crippen LogP contribution in [0.3, 0.4) is 0 Å². The Balaban J connectivity index is 1.83. The Hall–Kier alpha value is -2.36. The van der Waals surface area contributed by atoms with Gasteiger partial charge < -0.3 is 10.6 Å². The Morgan fingerprint density at radius 2 is 1.52 bits per heavy atom. The fourth-order valence-electron chi connectivity index (χ4n) is 1.99. The summed E-state index contributed by atoms with van der Waals surface area (Å²) in [7, 11) is 0. The number of carbonyl (C=O) groups is 1. The molecule has 0 bridgehead atoms. The number of hydrogen-bond donors (Lipinski definition) is 2. The fourth-order valence-corrected chi connectivity index (χ4v) is 1.99. The summed E-state index contributed by atoms with van der Waals surface area (Å²) in [6.45, 7) is 6.41. The zero-order valence-corrected chi connectivity index (χ0v) is 13.8. The fraction of sp³-hybridized carbons (Fsp3) is 0.316. The summed E-state index contributed by atoms with van der Waals surface area (Å²) in [5, 5.41) is 6.21. The van der Waals surface area contributed by atoms with Crippen LogP contribution in [0.2, 0.25) is 0 Å². The third-order valence-electron chi connectivity index (χ3n) is 3.48. The van der Waals surface area contributed by atoms with Crippen molar-refractivity contribution in [3.05, 3.63) is 59.9 Å². The molecular formula is C19H23FN2O. The molecule has 2 aromatic carbocycles. The van der Waals surface area contributed by atoms with E-state index in [1.165, 1.54) is 12.1 Å². The molecule has 0 heterocycles. The monoisotopic (exact) mass is 314 g/mol. The zero-order chi connectivity index (χ0) is 16.9. The van der Waals surface area contributed by atoms with E-state index in [1.54, 1.807) is 12.1 Å². The van der Waals surface area contributed by atoms with E-state index in [0.29, 0.717) is 0 Å². The Morgan fingerprint density at radius 1 is 0.957 bits per heavy atom. The summed E-state index contributed by atoms with van der Waals surface area (Å²) in [5.41, 5.74) is 2.45. The van der Waals surface area contributed by atoms with Crippen LogP contribution in [0.1, 0.15) is 26.3 Å². The molecule has 0 spiro atoms. The minimum atomic E-state index is -0.411. The molecule has 0 saturated carbocycles. The number of rotatable bonds is 5. The number of nitrogens with one attached hydrogen (secondary N) is 2. The third kappa shape index (κ3) is 5.40. The highest BCUT2D eigenvalue weighted by atomic mass is 19.1. The van der Waals surface area contributed by atoms with Gasteiger partial charge in [0.15, 0.2) is 0 Å². The number of anilines is 2. The van der Waals surface area contributed by atoms with Crippen LogP contribution in [0, 0.1) is 11.2 Å². The second kappa shape index (κ2) is 7.27. The minimum absolute atomic E-state index is 0.00507. The molecule has 3 nitrogen and oxygen atoms in total. The van der Waals surface area contributed by atoms with Gasteiger partial charge in [-0.25, -0.2) is 4.39 Å². The van der Waals surface area contributed by atoms with Gasteiger partial charge in [0.25, 0.3) is 0 Å². The van der Waals surface area contributed by atoms with Crippen molar-refractivity contribution in [1.82, 2.24) is 0 Å². The molecule has 0 aromatic heterocycles. The molecule has 0 atom stereocenters. The van der Waals surface area contributed by atoms with E-state index in [2.05, 4.69) is 10.6 Å². The van der Waals surface area contributed by atoms with Crippen molar-refractivity contribution in [2.45, 2.75) is 27.2 Å². The van der Waals surface area contributed by atoms with Crippen molar-refractivity contribution in [3.8, 4) is 0 Å². The predicted molar refractivity (Wildman–Crippen MR) is 93.1 cm³/mol. The number of benzene rings is 2. The van der Waals surface area contributed by atoms with Crippen LogP contribution in [-0.2, 0) is 11.2 Å². The molecule has 2 N–H and O–H groups in total. The molecular weight excluding hydrogens is 291 g/mol. The average molecular weight is 314 g/mol. The Bertz CT molecular complexity index is 643. The second-order valence-corrected chi connectivity index (χ2v) is 6.58. The summed E-state index contributed by atoms with van der Waals surface area (Å²) in [6, 6.07) is 14.2. The summed E-state index contributed by atoms with van der Waals surface area (Å²) in [5.74, 6) is -0.218. The van der Waals surface area contributed by atoms with Crippen LogP contribution in [0.4, 0.5) is 15.8 Å². The number of carbonyl (C=O) groups excluding carboxylic acids is 1. The average Bonchev–Trinajstić information content (AvgIpc) is 2.50. The third-order valence-corrected chi connectivity index (χ3v) is 3.48. The highest BCUT2D eigenvalue weighted by Gasteiger charge is 2.20. The SMILES string of the molecule is CC(C)(C)C(=O)Nc1ccc(NCCc2ccc(F)cc2)cc1. The lowest BCUT2D eigenvalue weighted by atomic mass is 9.95. The first-order chi connectivity index (χ1) is 10.8. The minimum Gasteiger partial charge on any atom is -0.385 e. The first-order valence-corrected chi connectivity index (χ1v) is 7.74. The van der Waals surface area contributed by atoms with Gasteiger partial charge in [-0.2, -0.15) is 0 Å². The number of halogens is 1. The largest absolute Gasteiger partial charge is 0.385 e. The van der Waals surface area contributed by atoms with Gasteiger partial charge in [-0.1, -0.05) is 32.9 Å². The van der Waals surface area contributed by atoms with Gasteiger partial charge in [0, 0.05) is 23.3 Å². The van der Waals surface area contributed by atoms with E-state index in [9.17, 15) is 9.18 Å². The van der Waals surface area contributed by atoms with Crippen LogP contribution >= 0.6 is 0 Å². The number of amides is 1. The molecule has 0 fully saturated rings. The summed E-state index contributed by atoms with van der Waals surface area (Å²) < 4.78 is 12.8. The lowest BCUT2D eigenvalue weighted by Gasteiger charge is -2.17. The van der Waals surface area contributed by atoms with Crippen molar-refractivity contribution in [2.75, 3.05) is 17.2 Å². The molecule has 4 heteroatoms. The molecule has 0 aliphatic carbocycles. The summed E-state index contributed by atoms with van der Waals surface area (Å²) >= 11 is 0. The van der Waals surface area contributed by atoms with Crippen LogP contribution < -0.4 is 10.6 Å². The van der Waals surface area contributed by atoms with Gasteiger partial charge in [-0.15, -0.1) is 0 Å². The normalized spacial score (nSPS) is 11.1. The molecule has 2 rings (SSSR count). The maximum absolute atomic E-state index is 12.8. The highest BCUT2D eigenvalue weighted by Crippen LogP contribution is 2.19. The molecule has 0 unspecified atom stereocenters. The molecule has 23 heavy (non-hydrogen) atoms. The van der Waals surface area contributed by atoms with E-state index in [4.69, 9.17) is 0 Å². The predicted octanol–water partition coefficient (Wildman–Crippen LogP) is 4.46. The lowest BCUT2D eigenvalue weighted by molar-refractivity contribution is -0.123.